The lowest BCUT2D eigenvalue weighted by Gasteiger charge is -2.32. The van der Waals surface area contributed by atoms with Crippen LogP contribution in [0, 0.1) is 0 Å². The van der Waals surface area contributed by atoms with Gasteiger partial charge in [0.05, 0.1) is 0 Å². The van der Waals surface area contributed by atoms with Crippen molar-refractivity contribution < 1.29 is 9.47 Å². The van der Waals surface area contributed by atoms with Crippen molar-refractivity contribution in [3.63, 3.8) is 0 Å². The van der Waals surface area contributed by atoms with E-state index in [1.807, 2.05) is 31.4 Å². The van der Waals surface area contributed by atoms with Crippen molar-refractivity contribution in [3.05, 3.63) is 53.9 Å². The van der Waals surface area contributed by atoms with Crippen LogP contribution in [0.3, 0.4) is 0 Å². The van der Waals surface area contributed by atoms with Crippen molar-refractivity contribution in [1.29, 1.82) is 0 Å². The average molecular weight is 522 g/mol. The van der Waals surface area contributed by atoms with E-state index in [9.17, 15) is 0 Å². The number of nitrogens with zero attached hydrogens (tertiary/aromatic N) is 2. The molecule has 1 aromatic carbocycles. The molecule has 30 heavy (non-hydrogen) atoms. The number of pyridine rings is 1. The molecule has 0 saturated heterocycles. The smallest absolute Gasteiger partial charge is 0.191 e. The number of fused-ring (bicyclic) bond motifs is 1. The summed E-state index contributed by atoms with van der Waals surface area (Å²) in [7, 11) is 1.82. The van der Waals surface area contributed by atoms with Crippen LogP contribution in [0.1, 0.15) is 36.9 Å². The molecule has 2 heterocycles. The minimum atomic E-state index is 0. The molecule has 0 unspecified atom stereocenters. The Hall–Kier alpha value is -2.03. The van der Waals surface area contributed by atoms with Crippen molar-refractivity contribution >= 4 is 29.9 Å². The normalized spacial score (nSPS) is 17.2. The molecule has 162 valence electrons. The zero-order valence-electron chi connectivity index (χ0n) is 17.5. The fourth-order valence-corrected chi connectivity index (χ4v) is 4.32. The number of hydrogen-bond acceptors (Lipinski definition) is 4. The van der Waals surface area contributed by atoms with Crippen LogP contribution in [0.2, 0.25) is 0 Å². The van der Waals surface area contributed by atoms with Gasteiger partial charge in [-0.05, 0) is 42.7 Å². The summed E-state index contributed by atoms with van der Waals surface area (Å²) in [4.78, 5) is 8.78. The van der Waals surface area contributed by atoms with E-state index in [1.165, 1.54) is 31.2 Å². The van der Waals surface area contributed by atoms with Crippen molar-refractivity contribution in [2.24, 2.45) is 4.99 Å². The number of guanidine groups is 1. The van der Waals surface area contributed by atoms with Crippen LogP contribution in [0.4, 0.5) is 0 Å². The summed E-state index contributed by atoms with van der Waals surface area (Å²) in [6.45, 7) is 2.90. The molecule has 1 aliphatic heterocycles. The Morgan fingerprint density at radius 3 is 2.60 bits per heavy atom. The number of ether oxygens (including phenoxy) is 2. The third kappa shape index (κ3) is 5.36. The van der Waals surface area contributed by atoms with Crippen LogP contribution in [0.15, 0.2) is 47.6 Å². The molecule has 6 nitrogen and oxygen atoms in total. The van der Waals surface area contributed by atoms with Gasteiger partial charge in [-0.15, -0.1) is 24.0 Å². The van der Waals surface area contributed by atoms with E-state index >= 15 is 0 Å². The third-order valence-electron chi connectivity index (χ3n) is 5.93. The van der Waals surface area contributed by atoms with Gasteiger partial charge in [-0.3, -0.25) is 9.98 Å². The summed E-state index contributed by atoms with van der Waals surface area (Å²) in [6.07, 6.45) is 7.55. The molecule has 0 amide bonds. The molecule has 0 bridgehead atoms. The van der Waals surface area contributed by atoms with Gasteiger partial charge in [0.2, 0.25) is 0 Å². The zero-order chi connectivity index (χ0) is 19.9. The molecule has 7 heteroatoms. The molecular weight excluding hydrogens is 491 g/mol. The molecule has 0 spiro atoms. The van der Waals surface area contributed by atoms with Crippen molar-refractivity contribution in [2.75, 3.05) is 33.4 Å². The van der Waals surface area contributed by atoms with E-state index in [1.54, 1.807) is 0 Å². The molecule has 1 aromatic heterocycles. The first kappa shape index (κ1) is 22.7. The van der Waals surface area contributed by atoms with Crippen LogP contribution < -0.4 is 20.1 Å². The van der Waals surface area contributed by atoms with Gasteiger partial charge in [0.25, 0.3) is 0 Å². The minimum absolute atomic E-state index is 0. The quantitative estimate of drug-likeness (QED) is 0.344. The number of benzene rings is 1. The van der Waals surface area contributed by atoms with Gasteiger partial charge in [0.1, 0.15) is 13.2 Å². The Balaban J connectivity index is 0.00000256. The standard InChI is InChI=1S/C23H30N4O2.HI/c1-24-22(26-13-9-19-6-2-5-12-25-19)27-17-23(10-3-4-11-23)18-7-8-20-21(16-18)29-15-14-28-20;/h2,5-8,12,16H,3-4,9-11,13-15,17H2,1H3,(H2,24,26,27);1H. The van der Waals surface area contributed by atoms with E-state index in [0.29, 0.717) is 13.2 Å². The summed E-state index contributed by atoms with van der Waals surface area (Å²) >= 11 is 0. The maximum atomic E-state index is 5.82. The number of hydrogen-bond donors (Lipinski definition) is 2. The highest BCUT2D eigenvalue weighted by Gasteiger charge is 2.36. The van der Waals surface area contributed by atoms with Gasteiger partial charge in [0, 0.05) is 43.9 Å². The highest BCUT2D eigenvalue weighted by Crippen LogP contribution is 2.43. The summed E-state index contributed by atoms with van der Waals surface area (Å²) in [5.41, 5.74) is 2.52. The summed E-state index contributed by atoms with van der Waals surface area (Å²) in [5, 5.41) is 6.98. The molecule has 1 aliphatic carbocycles. The van der Waals surface area contributed by atoms with Gasteiger partial charge in [-0.25, -0.2) is 0 Å². The highest BCUT2D eigenvalue weighted by molar-refractivity contribution is 14.0. The fourth-order valence-electron chi connectivity index (χ4n) is 4.32. The monoisotopic (exact) mass is 522 g/mol. The van der Waals surface area contributed by atoms with E-state index in [2.05, 4.69) is 38.8 Å². The fraction of sp³-hybridized carbons (Fsp3) is 0.478. The molecule has 2 aliphatic rings. The topological polar surface area (TPSA) is 67.8 Å². The maximum Gasteiger partial charge on any atom is 0.191 e. The van der Waals surface area contributed by atoms with Crippen molar-refractivity contribution in [3.8, 4) is 11.5 Å². The third-order valence-corrected chi connectivity index (χ3v) is 5.93. The van der Waals surface area contributed by atoms with Crippen molar-refractivity contribution in [1.82, 2.24) is 15.6 Å². The molecule has 1 saturated carbocycles. The van der Waals surface area contributed by atoms with Gasteiger partial charge >= 0.3 is 0 Å². The number of rotatable bonds is 6. The van der Waals surface area contributed by atoms with Crippen LogP contribution in [-0.2, 0) is 11.8 Å². The average Bonchev–Trinajstić information content (AvgIpc) is 3.26. The molecule has 2 N–H and O–H groups in total. The minimum Gasteiger partial charge on any atom is -0.486 e. The summed E-state index contributed by atoms with van der Waals surface area (Å²) in [6, 6.07) is 12.5. The van der Waals surface area contributed by atoms with Crippen LogP contribution >= 0.6 is 24.0 Å². The number of halogens is 1. The first-order chi connectivity index (χ1) is 14.3. The lowest BCUT2D eigenvalue weighted by Crippen LogP contribution is -2.45. The molecular formula is C23H31IN4O2. The van der Waals surface area contributed by atoms with Crippen LogP contribution in [0.25, 0.3) is 0 Å². The summed E-state index contributed by atoms with van der Waals surface area (Å²) in [5.74, 6) is 2.57. The van der Waals surface area contributed by atoms with Crippen molar-refractivity contribution in [2.45, 2.75) is 37.5 Å². The van der Waals surface area contributed by atoms with Gasteiger partial charge in [0.15, 0.2) is 17.5 Å². The van der Waals surface area contributed by atoms with Gasteiger partial charge < -0.3 is 20.1 Å². The second kappa shape index (κ2) is 10.8. The first-order valence-corrected chi connectivity index (χ1v) is 10.5. The Morgan fingerprint density at radius 2 is 1.87 bits per heavy atom. The Labute approximate surface area is 195 Å². The van der Waals surface area contributed by atoms with Gasteiger partial charge in [-0.1, -0.05) is 25.0 Å². The predicted octanol–water partition coefficient (Wildman–Crippen LogP) is 3.69. The second-order valence-corrected chi connectivity index (χ2v) is 7.77. The van der Waals surface area contributed by atoms with E-state index < -0.39 is 0 Å². The maximum absolute atomic E-state index is 5.82. The molecule has 4 rings (SSSR count). The number of nitrogens with one attached hydrogen (secondary N) is 2. The lowest BCUT2D eigenvalue weighted by atomic mass is 9.78. The predicted molar refractivity (Wildman–Crippen MR) is 130 cm³/mol. The summed E-state index contributed by atoms with van der Waals surface area (Å²) < 4.78 is 11.5. The van der Waals surface area contributed by atoms with E-state index in [-0.39, 0.29) is 29.4 Å². The largest absolute Gasteiger partial charge is 0.486 e. The molecule has 1 fully saturated rings. The molecule has 0 atom stereocenters. The van der Waals surface area contributed by atoms with Crippen LogP contribution in [-0.4, -0.2) is 44.3 Å². The second-order valence-electron chi connectivity index (χ2n) is 7.77. The number of aliphatic imine (C=N–C) groups is 1. The Kier molecular flexibility index (Phi) is 8.18. The number of aromatic nitrogens is 1. The Morgan fingerprint density at radius 1 is 1.07 bits per heavy atom. The van der Waals surface area contributed by atoms with E-state index in [4.69, 9.17) is 9.47 Å². The zero-order valence-corrected chi connectivity index (χ0v) is 19.9. The molecule has 0 radical (unpaired) electrons. The lowest BCUT2D eigenvalue weighted by molar-refractivity contribution is 0.171. The Bertz CT molecular complexity index is 838. The SMILES string of the molecule is CN=C(NCCc1ccccn1)NCC1(c2ccc3c(c2)OCCO3)CCCC1.I. The first-order valence-electron chi connectivity index (χ1n) is 10.5. The van der Waals surface area contributed by atoms with Crippen LogP contribution in [0.5, 0.6) is 11.5 Å². The van der Waals surface area contributed by atoms with Gasteiger partial charge in [-0.2, -0.15) is 0 Å². The molecule has 2 aromatic rings. The highest BCUT2D eigenvalue weighted by atomic mass is 127. The van der Waals surface area contributed by atoms with E-state index in [0.717, 1.165) is 42.7 Å².